The zero-order valence-corrected chi connectivity index (χ0v) is 18.6. The molecular weight excluding hydrogens is 439 g/mol. The fourth-order valence-electron chi connectivity index (χ4n) is 4.44. The summed E-state index contributed by atoms with van der Waals surface area (Å²) in [5, 5.41) is 9.87. The molecular formula is C22H28F3N5O3. The molecule has 0 unspecified atom stereocenters. The molecule has 0 aliphatic carbocycles. The third-order valence-electron chi connectivity index (χ3n) is 6.20. The molecule has 1 saturated heterocycles. The summed E-state index contributed by atoms with van der Waals surface area (Å²) in [5.74, 6) is -2.76. The van der Waals surface area contributed by atoms with E-state index in [1.54, 1.807) is 7.05 Å². The Balaban J connectivity index is 0.000000383. The smallest absolute Gasteiger partial charge is 0.475 e. The van der Waals surface area contributed by atoms with E-state index in [9.17, 15) is 18.0 Å². The summed E-state index contributed by atoms with van der Waals surface area (Å²) in [6.07, 6.45) is -1.12. The lowest BCUT2D eigenvalue weighted by Gasteiger charge is -2.48. The van der Waals surface area contributed by atoms with E-state index in [1.807, 2.05) is 17.3 Å². The van der Waals surface area contributed by atoms with Crippen molar-refractivity contribution in [3.05, 3.63) is 42.4 Å². The van der Waals surface area contributed by atoms with Crippen LogP contribution in [0.2, 0.25) is 0 Å². The first kappa shape index (κ1) is 24.6. The van der Waals surface area contributed by atoms with Gasteiger partial charge in [0.2, 0.25) is 0 Å². The first-order valence-corrected chi connectivity index (χ1v) is 10.7. The molecule has 180 valence electrons. The molecule has 2 amide bonds. The number of carbonyl (C=O) groups is 2. The number of rotatable bonds is 2. The predicted molar refractivity (Wildman–Crippen MR) is 116 cm³/mol. The number of alkyl halides is 3. The van der Waals surface area contributed by atoms with Crippen LogP contribution in [-0.2, 0) is 16.9 Å². The molecule has 1 fully saturated rings. The Hall–Kier alpha value is -3.08. The fraction of sp³-hybridized carbons (Fsp3) is 0.500. The number of imidazole rings is 1. The van der Waals surface area contributed by atoms with Crippen molar-refractivity contribution in [2.24, 2.45) is 0 Å². The van der Waals surface area contributed by atoms with Gasteiger partial charge in [0.1, 0.15) is 0 Å². The number of halogens is 3. The Morgan fingerprint density at radius 2 is 1.79 bits per heavy atom. The quantitative estimate of drug-likeness (QED) is 0.708. The van der Waals surface area contributed by atoms with E-state index >= 15 is 0 Å². The van der Waals surface area contributed by atoms with Crippen LogP contribution in [0.25, 0.3) is 11.3 Å². The minimum Gasteiger partial charge on any atom is -0.475 e. The SMILES string of the molecule is CCN1Cc2c(-c3ccccc3)ncn2C2(CCN(C(=O)NC)CC2)C1.O=C(O)C(F)(F)F. The summed E-state index contributed by atoms with van der Waals surface area (Å²) >= 11 is 0. The first-order valence-electron chi connectivity index (χ1n) is 10.7. The van der Waals surface area contributed by atoms with Gasteiger partial charge < -0.3 is 19.9 Å². The number of aliphatic carboxylic acids is 1. The van der Waals surface area contributed by atoms with Gasteiger partial charge in [-0.2, -0.15) is 13.2 Å². The maximum absolute atomic E-state index is 12.0. The number of nitrogens with zero attached hydrogens (tertiary/aromatic N) is 4. The zero-order valence-electron chi connectivity index (χ0n) is 18.6. The minimum absolute atomic E-state index is 0.0267. The van der Waals surface area contributed by atoms with Gasteiger partial charge in [0.05, 0.1) is 23.3 Å². The van der Waals surface area contributed by atoms with Gasteiger partial charge in [0.25, 0.3) is 0 Å². The van der Waals surface area contributed by atoms with Crippen molar-refractivity contribution < 1.29 is 27.9 Å². The number of urea groups is 1. The van der Waals surface area contributed by atoms with E-state index in [-0.39, 0.29) is 11.6 Å². The van der Waals surface area contributed by atoms with Crippen LogP contribution in [0.1, 0.15) is 25.5 Å². The van der Waals surface area contributed by atoms with Gasteiger partial charge in [-0.3, -0.25) is 4.90 Å². The van der Waals surface area contributed by atoms with Crippen molar-refractivity contribution in [2.75, 3.05) is 33.2 Å². The molecule has 33 heavy (non-hydrogen) atoms. The maximum Gasteiger partial charge on any atom is 0.490 e. The second-order valence-corrected chi connectivity index (χ2v) is 8.15. The summed E-state index contributed by atoms with van der Waals surface area (Å²) in [5.41, 5.74) is 3.61. The molecule has 3 heterocycles. The van der Waals surface area contributed by atoms with Crippen molar-refractivity contribution >= 4 is 12.0 Å². The number of carboxylic acids is 1. The molecule has 8 nitrogen and oxygen atoms in total. The number of aromatic nitrogens is 2. The summed E-state index contributed by atoms with van der Waals surface area (Å²) in [6.45, 7) is 6.79. The number of carbonyl (C=O) groups excluding carboxylic acids is 1. The lowest BCUT2D eigenvalue weighted by molar-refractivity contribution is -0.192. The molecule has 0 atom stereocenters. The summed E-state index contributed by atoms with van der Waals surface area (Å²) in [6, 6.07) is 10.5. The van der Waals surface area contributed by atoms with E-state index in [2.05, 4.69) is 46.0 Å². The average molecular weight is 467 g/mol. The molecule has 1 aromatic carbocycles. The lowest BCUT2D eigenvalue weighted by atomic mass is 9.84. The van der Waals surface area contributed by atoms with Gasteiger partial charge in [0, 0.05) is 38.8 Å². The predicted octanol–water partition coefficient (Wildman–Crippen LogP) is 3.15. The molecule has 4 rings (SSSR count). The number of hydrogen-bond donors (Lipinski definition) is 2. The topological polar surface area (TPSA) is 90.7 Å². The average Bonchev–Trinajstić information content (AvgIpc) is 3.24. The number of hydrogen-bond acceptors (Lipinski definition) is 4. The molecule has 2 aliphatic rings. The van der Waals surface area contributed by atoms with Crippen LogP contribution in [0.4, 0.5) is 18.0 Å². The van der Waals surface area contributed by atoms with E-state index in [4.69, 9.17) is 14.9 Å². The van der Waals surface area contributed by atoms with Gasteiger partial charge in [-0.1, -0.05) is 37.3 Å². The van der Waals surface area contributed by atoms with Gasteiger partial charge in [-0.25, -0.2) is 14.6 Å². The Morgan fingerprint density at radius 3 is 2.30 bits per heavy atom. The highest BCUT2D eigenvalue weighted by atomic mass is 19.4. The molecule has 11 heteroatoms. The van der Waals surface area contributed by atoms with Crippen molar-refractivity contribution in [3.8, 4) is 11.3 Å². The van der Waals surface area contributed by atoms with Crippen LogP contribution in [0.5, 0.6) is 0 Å². The van der Waals surface area contributed by atoms with Crippen molar-refractivity contribution in [1.29, 1.82) is 0 Å². The van der Waals surface area contributed by atoms with E-state index in [0.29, 0.717) is 0 Å². The Kier molecular flexibility index (Phi) is 7.31. The lowest BCUT2D eigenvalue weighted by Crippen LogP contribution is -2.57. The Morgan fingerprint density at radius 1 is 1.18 bits per heavy atom. The molecule has 0 bridgehead atoms. The molecule has 0 radical (unpaired) electrons. The monoisotopic (exact) mass is 467 g/mol. The molecule has 2 aliphatic heterocycles. The Bertz CT molecular complexity index is 969. The molecule has 0 saturated carbocycles. The zero-order chi connectivity index (χ0) is 24.2. The minimum atomic E-state index is -5.08. The highest BCUT2D eigenvalue weighted by Crippen LogP contribution is 2.39. The highest BCUT2D eigenvalue weighted by Gasteiger charge is 2.43. The van der Waals surface area contributed by atoms with Crippen molar-refractivity contribution in [3.63, 3.8) is 0 Å². The third kappa shape index (κ3) is 5.29. The first-order chi connectivity index (χ1) is 15.6. The molecule has 1 aromatic heterocycles. The summed E-state index contributed by atoms with van der Waals surface area (Å²) < 4.78 is 34.2. The van der Waals surface area contributed by atoms with Gasteiger partial charge in [-0.05, 0) is 19.4 Å². The standard InChI is InChI=1S/C20H27N5O.C2HF3O2/c1-3-23-13-17-18(16-7-5-4-6-8-16)22-15-25(17)20(14-23)9-11-24(12-10-20)19(26)21-2;3-2(4,5)1(6)7/h4-8,15H,3,9-14H2,1-2H3,(H,21,26);(H,6,7). The van der Waals surface area contributed by atoms with Crippen LogP contribution in [0, 0.1) is 0 Å². The number of benzene rings is 1. The van der Waals surface area contributed by atoms with Crippen LogP contribution >= 0.6 is 0 Å². The van der Waals surface area contributed by atoms with Crippen molar-refractivity contribution in [1.82, 2.24) is 24.7 Å². The number of likely N-dealkylation sites (tertiary alicyclic amines) is 1. The van der Waals surface area contributed by atoms with Crippen molar-refractivity contribution in [2.45, 2.75) is 38.0 Å². The maximum atomic E-state index is 12.0. The molecule has 1 spiro atoms. The van der Waals surface area contributed by atoms with Gasteiger partial charge in [-0.15, -0.1) is 0 Å². The third-order valence-corrected chi connectivity index (χ3v) is 6.20. The number of carboxylic acid groups (broad SMARTS) is 1. The van der Waals surface area contributed by atoms with Gasteiger partial charge in [0.15, 0.2) is 0 Å². The fourth-order valence-corrected chi connectivity index (χ4v) is 4.44. The second-order valence-electron chi connectivity index (χ2n) is 8.15. The van der Waals surface area contributed by atoms with Crippen LogP contribution in [0.15, 0.2) is 36.7 Å². The highest BCUT2D eigenvalue weighted by molar-refractivity contribution is 5.74. The van der Waals surface area contributed by atoms with Crippen LogP contribution in [-0.4, -0.2) is 75.9 Å². The Labute approximate surface area is 190 Å². The number of fused-ring (bicyclic) bond motifs is 2. The summed E-state index contributed by atoms with van der Waals surface area (Å²) in [7, 11) is 1.70. The summed E-state index contributed by atoms with van der Waals surface area (Å²) in [4.78, 5) is 30.1. The largest absolute Gasteiger partial charge is 0.490 e. The normalized spacial score (nSPS) is 17.7. The van der Waals surface area contributed by atoms with E-state index in [1.165, 1.54) is 11.3 Å². The number of likely N-dealkylation sites (N-methyl/N-ethyl adjacent to an activating group) is 1. The number of nitrogens with one attached hydrogen (secondary N) is 1. The van der Waals surface area contributed by atoms with Crippen LogP contribution in [0.3, 0.4) is 0 Å². The molecule has 2 aromatic rings. The van der Waals surface area contributed by atoms with Crippen LogP contribution < -0.4 is 5.32 Å². The van der Waals surface area contributed by atoms with E-state index in [0.717, 1.165) is 51.3 Å². The molecule has 2 N–H and O–H groups in total. The van der Waals surface area contributed by atoms with Gasteiger partial charge >= 0.3 is 18.2 Å². The number of piperidine rings is 1. The second kappa shape index (κ2) is 9.82. The number of amides is 2. The van der Waals surface area contributed by atoms with E-state index < -0.39 is 12.1 Å².